The molecule has 2 aliphatic heterocycles. The average molecular weight is 464 g/mol. The highest BCUT2D eigenvalue weighted by molar-refractivity contribution is 5.70. The number of imidazole rings is 1. The number of anilines is 1. The molecule has 2 fully saturated rings. The van der Waals surface area contributed by atoms with Crippen LogP contribution in [0, 0.1) is 0 Å². The van der Waals surface area contributed by atoms with Gasteiger partial charge in [-0.1, -0.05) is 51.9 Å². The molecule has 0 amide bonds. The Bertz CT molecular complexity index is 974. The fourth-order valence-corrected chi connectivity index (χ4v) is 4.68. The van der Waals surface area contributed by atoms with Crippen LogP contribution in [0.1, 0.15) is 78.4 Å². The van der Waals surface area contributed by atoms with Crippen LogP contribution in [-0.2, 0) is 18.9 Å². The zero-order chi connectivity index (χ0) is 23.4. The molecule has 0 radical (unpaired) electrons. The SMILES string of the molecule is CCCCCCCCCCOC[C@H]1O[C@@H](n2cnc3c(=O)[nH]c(N)nc32)[C@@H]2OC(C)(C)O[C@@H]21. The largest absolute Gasteiger partial charge is 0.379 e. The summed E-state index contributed by atoms with van der Waals surface area (Å²) < 4.78 is 26.2. The van der Waals surface area contributed by atoms with Crippen LogP contribution < -0.4 is 11.3 Å². The molecule has 0 aromatic carbocycles. The number of fused-ring (bicyclic) bond motifs is 2. The van der Waals surface area contributed by atoms with Crippen molar-refractivity contribution in [3.8, 4) is 0 Å². The Hall–Kier alpha value is -2.01. The summed E-state index contributed by atoms with van der Waals surface area (Å²) in [5, 5.41) is 0. The Morgan fingerprint density at radius 3 is 2.58 bits per heavy atom. The van der Waals surface area contributed by atoms with Crippen molar-refractivity contribution >= 4 is 17.1 Å². The van der Waals surface area contributed by atoms with E-state index in [1.54, 1.807) is 4.57 Å². The van der Waals surface area contributed by atoms with Crippen LogP contribution in [0.4, 0.5) is 5.95 Å². The molecule has 4 rings (SSSR count). The maximum absolute atomic E-state index is 12.2. The molecule has 10 nitrogen and oxygen atoms in total. The molecule has 0 spiro atoms. The van der Waals surface area contributed by atoms with Crippen LogP contribution in [0.25, 0.3) is 11.2 Å². The number of hydrogen-bond acceptors (Lipinski definition) is 8. The van der Waals surface area contributed by atoms with E-state index < -0.39 is 12.0 Å². The molecular formula is C23H37N5O5. The van der Waals surface area contributed by atoms with Gasteiger partial charge in [0.15, 0.2) is 23.2 Å². The Kier molecular flexibility index (Phi) is 7.68. The highest BCUT2D eigenvalue weighted by Gasteiger charge is 2.56. The molecule has 2 saturated heterocycles. The normalized spacial score (nSPS) is 26.3. The quantitative estimate of drug-likeness (QED) is 0.459. The third-order valence-electron chi connectivity index (χ3n) is 6.27. The number of unbranched alkanes of at least 4 members (excludes halogenated alkanes) is 7. The maximum atomic E-state index is 12.2. The third-order valence-corrected chi connectivity index (χ3v) is 6.27. The lowest BCUT2D eigenvalue weighted by Crippen LogP contribution is -2.33. The zero-order valence-electron chi connectivity index (χ0n) is 19.9. The van der Waals surface area contributed by atoms with Crippen molar-refractivity contribution in [1.29, 1.82) is 0 Å². The molecule has 3 N–H and O–H groups in total. The summed E-state index contributed by atoms with van der Waals surface area (Å²) in [6.07, 6.45) is 10.1. The van der Waals surface area contributed by atoms with Crippen molar-refractivity contribution in [3.63, 3.8) is 0 Å². The van der Waals surface area contributed by atoms with E-state index in [1.807, 2.05) is 13.8 Å². The minimum Gasteiger partial charge on any atom is -0.379 e. The average Bonchev–Trinajstić information content (AvgIpc) is 3.40. The van der Waals surface area contributed by atoms with Gasteiger partial charge in [-0.25, -0.2) is 4.98 Å². The first kappa shape index (κ1) is 24.1. The number of aromatic nitrogens is 4. The first-order valence-electron chi connectivity index (χ1n) is 12.2. The van der Waals surface area contributed by atoms with Crippen molar-refractivity contribution in [3.05, 3.63) is 16.7 Å². The summed E-state index contributed by atoms with van der Waals surface area (Å²) in [7, 11) is 0. The maximum Gasteiger partial charge on any atom is 0.280 e. The second-order valence-electron chi connectivity index (χ2n) is 9.45. The Morgan fingerprint density at radius 1 is 1.12 bits per heavy atom. The second-order valence-corrected chi connectivity index (χ2v) is 9.45. The summed E-state index contributed by atoms with van der Waals surface area (Å²) in [6, 6.07) is 0. The molecule has 2 aliphatic rings. The molecule has 0 saturated carbocycles. The van der Waals surface area contributed by atoms with E-state index in [-0.39, 0.29) is 35.3 Å². The summed E-state index contributed by atoms with van der Waals surface area (Å²) in [5.74, 6) is -0.716. The zero-order valence-corrected chi connectivity index (χ0v) is 19.9. The van der Waals surface area contributed by atoms with Crippen molar-refractivity contribution < 1.29 is 18.9 Å². The molecule has 33 heavy (non-hydrogen) atoms. The number of ether oxygens (including phenoxy) is 4. The molecule has 0 bridgehead atoms. The van der Waals surface area contributed by atoms with Gasteiger partial charge in [0, 0.05) is 6.61 Å². The van der Waals surface area contributed by atoms with Gasteiger partial charge in [-0.2, -0.15) is 4.98 Å². The smallest absolute Gasteiger partial charge is 0.280 e. The standard InChI is InChI=1S/C23H37N5O5/c1-4-5-6-7-8-9-10-11-12-30-13-15-17-18(33-23(2,3)32-17)21(31-15)28-14-25-16-19(28)26-22(24)27-20(16)29/h14-15,17-18,21H,4-13H2,1-3H3,(H3,24,26,27,29)/t15-,17-,18-,21-/m1/s1. The Labute approximate surface area is 194 Å². The van der Waals surface area contributed by atoms with Crippen LogP contribution in [0.15, 0.2) is 11.1 Å². The van der Waals surface area contributed by atoms with Gasteiger partial charge in [0.2, 0.25) is 5.95 Å². The van der Waals surface area contributed by atoms with Gasteiger partial charge >= 0.3 is 0 Å². The van der Waals surface area contributed by atoms with E-state index in [0.29, 0.717) is 18.9 Å². The summed E-state index contributed by atoms with van der Waals surface area (Å²) >= 11 is 0. The summed E-state index contributed by atoms with van der Waals surface area (Å²) in [5.41, 5.74) is 5.92. The highest BCUT2D eigenvalue weighted by atomic mass is 16.8. The fraction of sp³-hybridized carbons (Fsp3) is 0.783. The highest BCUT2D eigenvalue weighted by Crippen LogP contribution is 2.43. The predicted molar refractivity (Wildman–Crippen MR) is 124 cm³/mol. The molecule has 0 aliphatic carbocycles. The molecule has 184 valence electrons. The van der Waals surface area contributed by atoms with Gasteiger partial charge < -0.3 is 24.7 Å². The van der Waals surface area contributed by atoms with Gasteiger partial charge in [0.1, 0.15) is 18.3 Å². The third kappa shape index (κ3) is 5.56. The second kappa shape index (κ2) is 10.5. The van der Waals surface area contributed by atoms with Gasteiger partial charge in [0.25, 0.3) is 5.56 Å². The predicted octanol–water partition coefficient (Wildman–Crippen LogP) is 3.28. The monoisotopic (exact) mass is 463 g/mol. The number of nitrogens with one attached hydrogen (secondary N) is 1. The number of aromatic amines is 1. The van der Waals surface area contributed by atoms with Crippen LogP contribution >= 0.6 is 0 Å². The number of H-pyrrole nitrogens is 1. The van der Waals surface area contributed by atoms with Gasteiger partial charge in [-0.05, 0) is 20.3 Å². The Morgan fingerprint density at radius 2 is 1.82 bits per heavy atom. The number of hydrogen-bond donors (Lipinski definition) is 2. The van der Waals surface area contributed by atoms with E-state index in [1.165, 1.54) is 51.3 Å². The van der Waals surface area contributed by atoms with Crippen LogP contribution in [0.2, 0.25) is 0 Å². The molecule has 0 unspecified atom stereocenters. The van der Waals surface area contributed by atoms with E-state index >= 15 is 0 Å². The summed E-state index contributed by atoms with van der Waals surface area (Å²) in [4.78, 5) is 23.1. The number of nitrogens with two attached hydrogens (primary N) is 1. The molecular weight excluding hydrogens is 426 g/mol. The van der Waals surface area contributed by atoms with E-state index in [4.69, 9.17) is 24.7 Å². The lowest BCUT2D eigenvalue weighted by molar-refractivity contribution is -0.201. The summed E-state index contributed by atoms with van der Waals surface area (Å²) in [6.45, 7) is 7.12. The van der Waals surface area contributed by atoms with E-state index in [9.17, 15) is 4.79 Å². The first-order chi connectivity index (χ1) is 15.9. The minimum absolute atomic E-state index is 0.0259. The van der Waals surface area contributed by atoms with Crippen molar-refractivity contribution in [1.82, 2.24) is 19.5 Å². The topological polar surface area (TPSA) is 127 Å². The van der Waals surface area contributed by atoms with Crippen LogP contribution in [-0.4, -0.2) is 56.8 Å². The van der Waals surface area contributed by atoms with E-state index in [0.717, 1.165) is 6.42 Å². The molecule has 4 atom stereocenters. The lowest BCUT2D eigenvalue weighted by atomic mass is 10.1. The first-order valence-corrected chi connectivity index (χ1v) is 12.2. The molecule has 4 heterocycles. The van der Waals surface area contributed by atoms with Crippen LogP contribution in [0.5, 0.6) is 0 Å². The number of nitrogen functional groups attached to an aromatic ring is 1. The van der Waals surface area contributed by atoms with Gasteiger partial charge in [-0.3, -0.25) is 14.3 Å². The van der Waals surface area contributed by atoms with Crippen molar-refractivity contribution in [2.75, 3.05) is 18.9 Å². The van der Waals surface area contributed by atoms with Crippen LogP contribution in [0.3, 0.4) is 0 Å². The lowest BCUT2D eigenvalue weighted by Gasteiger charge is -2.24. The van der Waals surface area contributed by atoms with Crippen molar-refractivity contribution in [2.24, 2.45) is 0 Å². The molecule has 10 heteroatoms. The van der Waals surface area contributed by atoms with Crippen molar-refractivity contribution in [2.45, 2.75) is 102 Å². The Balaban J connectivity index is 1.34. The van der Waals surface area contributed by atoms with Gasteiger partial charge in [0.05, 0.1) is 12.9 Å². The molecule has 2 aromatic rings. The number of rotatable bonds is 12. The molecule has 2 aromatic heterocycles. The minimum atomic E-state index is -0.742. The fourth-order valence-electron chi connectivity index (χ4n) is 4.68. The number of nitrogens with zero attached hydrogens (tertiary/aromatic N) is 3. The van der Waals surface area contributed by atoms with E-state index in [2.05, 4.69) is 21.9 Å². The van der Waals surface area contributed by atoms with Gasteiger partial charge in [-0.15, -0.1) is 0 Å².